The molecular formula is C15H13NO3. The van der Waals surface area contributed by atoms with Gasteiger partial charge in [0.15, 0.2) is 0 Å². The number of carbonyl (C=O) groups is 1. The second-order valence-electron chi connectivity index (χ2n) is 4.72. The molecule has 0 saturated heterocycles. The van der Waals surface area contributed by atoms with Gasteiger partial charge in [0, 0.05) is 21.8 Å². The molecule has 1 heterocycles. The van der Waals surface area contributed by atoms with Gasteiger partial charge >= 0.3 is 5.97 Å². The average molecular weight is 255 g/mol. The van der Waals surface area contributed by atoms with Crippen molar-refractivity contribution in [2.24, 2.45) is 0 Å². The Balaban J connectivity index is 2.24. The van der Waals surface area contributed by atoms with Gasteiger partial charge in [0.05, 0.1) is 5.92 Å². The van der Waals surface area contributed by atoms with E-state index in [1.807, 2.05) is 24.3 Å². The van der Waals surface area contributed by atoms with Crippen molar-refractivity contribution < 1.29 is 15.0 Å². The molecule has 1 atom stereocenters. The van der Waals surface area contributed by atoms with Crippen LogP contribution in [0.3, 0.4) is 0 Å². The number of aromatic amines is 1. The number of fused-ring (bicyclic) bond motifs is 3. The van der Waals surface area contributed by atoms with Crippen LogP contribution in [0.2, 0.25) is 0 Å². The Labute approximate surface area is 109 Å². The fourth-order valence-electron chi connectivity index (χ4n) is 2.32. The van der Waals surface area contributed by atoms with E-state index in [1.54, 1.807) is 19.1 Å². The van der Waals surface area contributed by atoms with Gasteiger partial charge in [-0.3, -0.25) is 4.79 Å². The summed E-state index contributed by atoms with van der Waals surface area (Å²) in [7, 11) is 0. The number of aromatic hydroxyl groups is 1. The van der Waals surface area contributed by atoms with Gasteiger partial charge in [-0.05, 0) is 36.8 Å². The predicted molar refractivity (Wildman–Crippen MR) is 73.5 cm³/mol. The fraction of sp³-hybridized carbons (Fsp3) is 0.133. The molecule has 96 valence electrons. The Kier molecular flexibility index (Phi) is 2.45. The molecule has 0 aliphatic carbocycles. The van der Waals surface area contributed by atoms with Crippen LogP contribution in [0.15, 0.2) is 36.4 Å². The molecule has 3 aromatic rings. The summed E-state index contributed by atoms with van der Waals surface area (Å²) in [4.78, 5) is 14.2. The van der Waals surface area contributed by atoms with Gasteiger partial charge in [0.2, 0.25) is 0 Å². The highest BCUT2D eigenvalue weighted by atomic mass is 16.4. The number of benzene rings is 2. The zero-order valence-corrected chi connectivity index (χ0v) is 10.3. The van der Waals surface area contributed by atoms with Crippen LogP contribution < -0.4 is 0 Å². The lowest BCUT2D eigenvalue weighted by atomic mass is 10.00. The molecule has 0 amide bonds. The Morgan fingerprint density at radius 3 is 2.63 bits per heavy atom. The van der Waals surface area contributed by atoms with Crippen molar-refractivity contribution in [3.05, 3.63) is 42.0 Å². The minimum Gasteiger partial charge on any atom is -0.508 e. The van der Waals surface area contributed by atoms with Crippen LogP contribution >= 0.6 is 0 Å². The third kappa shape index (κ3) is 1.81. The van der Waals surface area contributed by atoms with E-state index in [9.17, 15) is 9.90 Å². The Hall–Kier alpha value is -2.49. The van der Waals surface area contributed by atoms with Crippen molar-refractivity contribution in [2.45, 2.75) is 12.8 Å². The molecule has 0 spiro atoms. The molecular weight excluding hydrogens is 242 g/mol. The van der Waals surface area contributed by atoms with Gasteiger partial charge in [-0.15, -0.1) is 0 Å². The largest absolute Gasteiger partial charge is 0.508 e. The lowest BCUT2D eigenvalue weighted by Gasteiger charge is -2.06. The van der Waals surface area contributed by atoms with Crippen LogP contribution in [0, 0.1) is 0 Å². The SMILES string of the molecule is CC(C(=O)O)c1ccc2c(c1)[nH]c1ccc(O)cc12. The molecule has 0 fully saturated rings. The molecule has 1 aromatic heterocycles. The zero-order valence-electron chi connectivity index (χ0n) is 10.3. The lowest BCUT2D eigenvalue weighted by Crippen LogP contribution is -2.06. The van der Waals surface area contributed by atoms with Gasteiger partial charge in [0.25, 0.3) is 0 Å². The van der Waals surface area contributed by atoms with Crippen LogP contribution in [-0.4, -0.2) is 21.2 Å². The number of hydrogen-bond acceptors (Lipinski definition) is 2. The number of rotatable bonds is 2. The molecule has 0 aliphatic rings. The van der Waals surface area contributed by atoms with Crippen LogP contribution in [0.25, 0.3) is 21.8 Å². The maximum absolute atomic E-state index is 11.0. The smallest absolute Gasteiger partial charge is 0.310 e. The van der Waals surface area contributed by atoms with Gasteiger partial charge in [0.1, 0.15) is 5.75 Å². The number of aliphatic carboxylic acids is 1. The molecule has 3 N–H and O–H groups in total. The molecule has 0 saturated carbocycles. The maximum Gasteiger partial charge on any atom is 0.310 e. The topological polar surface area (TPSA) is 73.3 Å². The Morgan fingerprint density at radius 2 is 1.89 bits per heavy atom. The molecule has 19 heavy (non-hydrogen) atoms. The van der Waals surface area contributed by atoms with E-state index in [0.717, 1.165) is 27.4 Å². The molecule has 4 nitrogen and oxygen atoms in total. The second kappa shape index (κ2) is 4.02. The third-order valence-electron chi connectivity index (χ3n) is 3.48. The van der Waals surface area contributed by atoms with Crippen LogP contribution in [0.4, 0.5) is 0 Å². The van der Waals surface area contributed by atoms with Gasteiger partial charge in [-0.2, -0.15) is 0 Å². The molecule has 0 aliphatic heterocycles. The van der Waals surface area contributed by atoms with Crippen molar-refractivity contribution >= 4 is 27.8 Å². The molecule has 1 unspecified atom stereocenters. The summed E-state index contributed by atoms with van der Waals surface area (Å²) < 4.78 is 0. The number of carboxylic acids is 1. The Morgan fingerprint density at radius 1 is 1.11 bits per heavy atom. The van der Waals surface area contributed by atoms with E-state index >= 15 is 0 Å². The first kappa shape index (κ1) is 11.6. The van der Waals surface area contributed by atoms with E-state index in [1.165, 1.54) is 0 Å². The van der Waals surface area contributed by atoms with Crippen LogP contribution in [-0.2, 0) is 4.79 Å². The van der Waals surface area contributed by atoms with E-state index in [0.29, 0.717) is 0 Å². The minimum absolute atomic E-state index is 0.219. The highest BCUT2D eigenvalue weighted by Crippen LogP contribution is 2.30. The van der Waals surface area contributed by atoms with Crippen LogP contribution in [0.5, 0.6) is 5.75 Å². The standard InChI is InChI=1S/C15H13NO3/c1-8(15(18)19)9-2-4-11-12-7-10(17)3-5-13(12)16-14(11)6-9/h2-8,16-17H,1H3,(H,18,19). The van der Waals surface area contributed by atoms with Crippen molar-refractivity contribution in [1.29, 1.82) is 0 Å². The highest BCUT2D eigenvalue weighted by Gasteiger charge is 2.15. The molecule has 0 radical (unpaired) electrons. The summed E-state index contributed by atoms with van der Waals surface area (Å²) in [5.41, 5.74) is 2.56. The molecule has 2 aromatic carbocycles. The summed E-state index contributed by atoms with van der Waals surface area (Å²) >= 11 is 0. The van der Waals surface area contributed by atoms with Crippen molar-refractivity contribution in [2.75, 3.05) is 0 Å². The van der Waals surface area contributed by atoms with Crippen LogP contribution in [0.1, 0.15) is 18.4 Å². The van der Waals surface area contributed by atoms with E-state index in [-0.39, 0.29) is 5.75 Å². The van der Waals surface area contributed by atoms with Gasteiger partial charge in [-0.1, -0.05) is 12.1 Å². The second-order valence-corrected chi connectivity index (χ2v) is 4.72. The highest BCUT2D eigenvalue weighted by molar-refractivity contribution is 6.07. The summed E-state index contributed by atoms with van der Waals surface area (Å²) in [5.74, 6) is -1.16. The summed E-state index contributed by atoms with van der Waals surface area (Å²) in [6, 6.07) is 10.7. The lowest BCUT2D eigenvalue weighted by molar-refractivity contribution is -0.138. The molecule has 4 heteroatoms. The number of H-pyrrole nitrogens is 1. The normalized spacial score (nSPS) is 12.9. The first-order valence-corrected chi connectivity index (χ1v) is 6.03. The van der Waals surface area contributed by atoms with Gasteiger partial charge < -0.3 is 15.2 Å². The van der Waals surface area contributed by atoms with E-state index in [2.05, 4.69) is 4.98 Å². The molecule has 0 bridgehead atoms. The number of nitrogens with one attached hydrogen (secondary N) is 1. The first-order chi connectivity index (χ1) is 9.06. The summed E-state index contributed by atoms with van der Waals surface area (Å²) in [6.07, 6.45) is 0. The van der Waals surface area contributed by atoms with Crippen molar-refractivity contribution in [1.82, 2.24) is 4.98 Å². The van der Waals surface area contributed by atoms with Crippen molar-refractivity contribution in [3.8, 4) is 5.75 Å². The zero-order chi connectivity index (χ0) is 13.6. The number of aromatic nitrogens is 1. The van der Waals surface area contributed by atoms with E-state index in [4.69, 9.17) is 5.11 Å². The summed E-state index contributed by atoms with van der Waals surface area (Å²) in [6.45, 7) is 1.66. The maximum atomic E-state index is 11.0. The number of phenolic OH excluding ortho intramolecular Hbond substituents is 1. The predicted octanol–water partition coefficient (Wildman–Crippen LogP) is 3.21. The third-order valence-corrected chi connectivity index (χ3v) is 3.48. The summed E-state index contributed by atoms with van der Waals surface area (Å²) in [5, 5.41) is 20.5. The Bertz CT molecular complexity index is 789. The van der Waals surface area contributed by atoms with Crippen molar-refractivity contribution in [3.63, 3.8) is 0 Å². The number of hydrogen-bond donors (Lipinski definition) is 3. The molecule has 3 rings (SSSR count). The number of phenols is 1. The van der Waals surface area contributed by atoms with E-state index < -0.39 is 11.9 Å². The minimum atomic E-state index is -0.840. The quantitative estimate of drug-likeness (QED) is 0.658. The fourth-order valence-corrected chi connectivity index (χ4v) is 2.32. The first-order valence-electron chi connectivity index (χ1n) is 6.03. The monoisotopic (exact) mass is 255 g/mol. The average Bonchev–Trinajstić information content (AvgIpc) is 2.74. The van der Waals surface area contributed by atoms with Gasteiger partial charge in [-0.25, -0.2) is 0 Å². The number of carboxylic acid groups (broad SMARTS) is 1.